The molecule has 1 aromatic heterocycles. The van der Waals surface area contributed by atoms with E-state index in [4.69, 9.17) is 0 Å². The van der Waals surface area contributed by atoms with Gasteiger partial charge in [0, 0.05) is 17.8 Å². The predicted octanol–water partition coefficient (Wildman–Crippen LogP) is 3.89. The lowest BCUT2D eigenvalue weighted by molar-refractivity contribution is 0.726. The van der Waals surface area contributed by atoms with Crippen molar-refractivity contribution in [3.63, 3.8) is 0 Å². The van der Waals surface area contributed by atoms with Crippen molar-refractivity contribution in [1.29, 1.82) is 0 Å². The second kappa shape index (κ2) is 3.65. The van der Waals surface area contributed by atoms with Crippen LogP contribution < -0.4 is 0 Å². The van der Waals surface area contributed by atoms with Crippen LogP contribution in [0.25, 0.3) is 10.8 Å². The molecular weight excluding hydrogens is 182 g/mol. The van der Waals surface area contributed by atoms with E-state index in [0.29, 0.717) is 0 Å². The van der Waals surface area contributed by atoms with Crippen molar-refractivity contribution in [2.45, 2.75) is 31.6 Å². The Bertz CT molecular complexity index is 464. The summed E-state index contributed by atoms with van der Waals surface area (Å²) in [5.74, 6) is 0.753. The van der Waals surface area contributed by atoms with E-state index in [1.54, 1.807) is 0 Å². The topological polar surface area (TPSA) is 12.9 Å². The number of benzene rings is 1. The quantitative estimate of drug-likeness (QED) is 0.675. The largest absolute Gasteiger partial charge is 0.264 e. The minimum Gasteiger partial charge on any atom is -0.264 e. The van der Waals surface area contributed by atoms with E-state index in [-0.39, 0.29) is 0 Å². The minimum atomic E-state index is 0.753. The van der Waals surface area contributed by atoms with Crippen molar-refractivity contribution in [2.75, 3.05) is 0 Å². The molecule has 0 unspecified atom stereocenters. The van der Waals surface area contributed by atoms with Crippen molar-refractivity contribution < 1.29 is 0 Å². The van der Waals surface area contributed by atoms with Gasteiger partial charge in [-0.3, -0.25) is 4.98 Å². The summed E-state index contributed by atoms with van der Waals surface area (Å²) in [6.45, 7) is 0. The van der Waals surface area contributed by atoms with E-state index in [9.17, 15) is 0 Å². The Hall–Kier alpha value is -1.37. The average Bonchev–Trinajstić information content (AvgIpc) is 2.82. The summed E-state index contributed by atoms with van der Waals surface area (Å²) >= 11 is 0. The Balaban J connectivity index is 2.16. The Morgan fingerprint density at radius 1 is 1.00 bits per heavy atom. The number of hydrogen-bond acceptors (Lipinski definition) is 1. The Morgan fingerprint density at radius 3 is 2.67 bits per heavy atom. The highest BCUT2D eigenvalue weighted by atomic mass is 14.6. The summed E-state index contributed by atoms with van der Waals surface area (Å²) in [6.07, 6.45) is 9.49. The van der Waals surface area contributed by atoms with Gasteiger partial charge in [0.25, 0.3) is 0 Å². The third-order valence-corrected chi connectivity index (χ3v) is 3.49. The summed E-state index contributed by atoms with van der Waals surface area (Å²) in [5, 5.41) is 2.68. The molecule has 1 saturated carbocycles. The van der Waals surface area contributed by atoms with Crippen LogP contribution in [0, 0.1) is 0 Å². The molecule has 76 valence electrons. The first-order valence-electron chi connectivity index (χ1n) is 5.78. The molecule has 2 aromatic rings. The van der Waals surface area contributed by atoms with E-state index in [0.717, 1.165) is 5.92 Å². The van der Waals surface area contributed by atoms with Gasteiger partial charge in [-0.25, -0.2) is 0 Å². The van der Waals surface area contributed by atoms with Crippen LogP contribution in [0.2, 0.25) is 0 Å². The molecular formula is C14H15N. The fraction of sp³-hybridized carbons (Fsp3) is 0.357. The van der Waals surface area contributed by atoms with E-state index in [1.165, 1.54) is 42.0 Å². The molecule has 0 amide bonds. The zero-order chi connectivity index (χ0) is 10.1. The van der Waals surface area contributed by atoms with Crippen molar-refractivity contribution in [1.82, 2.24) is 4.98 Å². The minimum absolute atomic E-state index is 0.753. The number of rotatable bonds is 1. The molecule has 1 heteroatoms. The lowest BCUT2D eigenvalue weighted by Crippen LogP contribution is -1.94. The van der Waals surface area contributed by atoms with E-state index in [1.807, 2.05) is 6.20 Å². The maximum atomic E-state index is 4.36. The third kappa shape index (κ3) is 1.52. The van der Waals surface area contributed by atoms with Crippen molar-refractivity contribution in [3.8, 4) is 0 Å². The molecule has 1 heterocycles. The Labute approximate surface area is 90.2 Å². The van der Waals surface area contributed by atoms with Gasteiger partial charge in [0.15, 0.2) is 0 Å². The number of nitrogens with zero attached hydrogens (tertiary/aromatic N) is 1. The summed E-state index contributed by atoms with van der Waals surface area (Å²) < 4.78 is 0. The maximum absolute atomic E-state index is 4.36. The van der Waals surface area contributed by atoms with Crippen molar-refractivity contribution >= 4 is 10.8 Å². The molecule has 1 nitrogen and oxygen atoms in total. The molecule has 0 spiro atoms. The number of fused-ring (bicyclic) bond motifs is 1. The number of pyridine rings is 1. The molecule has 0 N–H and O–H groups in total. The molecule has 0 radical (unpaired) electrons. The summed E-state index contributed by atoms with van der Waals surface area (Å²) in [7, 11) is 0. The van der Waals surface area contributed by atoms with Gasteiger partial charge in [-0.1, -0.05) is 37.1 Å². The van der Waals surface area contributed by atoms with Gasteiger partial charge < -0.3 is 0 Å². The molecule has 0 saturated heterocycles. The van der Waals surface area contributed by atoms with E-state index in [2.05, 4.69) is 35.4 Å². The van der Waals surface area contributed by atoms with Crippen LogP contribution in [0.3, 0.4) is 0 Å². The van der Waals surface area contributed by atoms with Crippen LogP contribution in [0.5, 0.6) is 0 Å². The normalized spacial score (nSPS) is 17.3. The average molecular weight is 197 g/mol. The molecule has 1 aliphatic rings. The van der Waals surface area contributed by atoms with Gasteiger partial charge in [-0.05, 0) is 29.7 Å². The Kier molecular flexibility index (Phi) is 2.17. The summed E-state index contributed by atoms with van der Waals surface area (Å²) in [4.78, 5) is 4.36. The van der Waals surface area contributed by atoms with E-state index < -0.39 is 0 Å². The fourth-order valence-electron chi connectivity index (χ4n) is 2.70. The highest BCUT2D eigenvalue weighted by Gasteiger charge is 2.18. The van der Waals surface area contributed by atoms with Crippen LogP contribution in [0.1, 0.15) is 37.2 Å². The van der Waals surface area contributed by atoms with E-state index >= 15 is 0 Å². The van der Waals surface area contributed by atoms with Gasteiger partial charge in [-0.15, -0.1) is 0 Å². The van der Waals surface area contributed by atoms with Crippen molar-refractivity contribution in [2.24, 2.45) is 0 Å². The van der Waals surface area contributed by atoms with Gasteiger partial charge in [0.2, 0.25) is 0 Å². The fourth-order valence-corrected chi connectivity index (χ4v) is 2.70. The zero-order valence-electron chi connectivity index (χ0n) is 8.82. The number of aromatic nitrogens is 1. The van der Waals surface area contributed by atoms with Crippen LogP contribution >= 0.6 is 0 Å². The van der Waals surface area contributed by atoms with Crippen LogP contribution in [-0.2, 0) is 0 Å². The van der Waals surface area contributed by atoms with Crippen molar-refractivity contribution in [3.05, 3.63) is 42.2 Å². The van der Waals surface area contributed by atoms with Gasteiger partial charge in [0.1, 0.15) is 0 Å². The second-order valence-corrected chi connectivity index (χ2v) is 4.43. The molecule has 1 fully saturated rings. The first-order valence-corrected chi connectivity index (χ1v) is 5.78. The van der Waals surface area contributed by atoms with Crippen LogP contribution in [0.15, 0.2) is 36.7 Å². The maximum Gasteiger partial charge on any atom is 0.0346 e. The van der Waals surface area contributed by atoms with Crippen LogP contribution in [-0.4, -0.2) is 4.98 Å². The molecule has 1 aliphatic carbocycles. The zero-order valence-corrected chi connectivity index (χ0v) is 8.82. The van der Waals surface area contributed by atoms with Crippen LogP contribution in [0.4, 0.5) is 0 Å². The second-order valence-electron chi connectivity index (χ2n) is 4.43. The summed E-state index contributed by atoms with van der Waals surface area (Å²) in [5.41, 5.74) is 1.46. The number of hydrogen-bond donors (Lipinski definition) is 0. The van der Waals surface area contributed by atoms with Gasteiger partial charge in [-0.2, -0.15) is 0 Å². The standard InChI is InChI=1S/C14H15N/c1-2-6-11(5-1)14-10-15-9-12-7-3-4-8-13(12)14/h3-4,7-11H,1-2,5-6H2. The first kappa shape index (κ1) is 8.90. The molecule has 0 bridgehead atoms. The van der Waals surface area contributed by atoms with Gasteiger partial charge in [0.05, 0.1) is 0 Å². The monoisotopic (exact) mass is 197 g/mol. The molecule has 15 heavy (non-hydrogen) atoms. The van der Waals surface area contributed by atoms with Gasteiger partial charge >= 0.3 is 0 Å². The molecule has 1 aromatic carbocycles. The predicted molar refractivity (Wildman–Crippen MR) is 63.0 cm³/mol. The lowest BCUT2D eigenvalue weighted by atomic mass is 9.94. The smallest absolute Gasteiger partial charge is 0.0346 e. The third-order valence-electron chi connectivity index (χ3n) is 3.49. The lowest BCUT2D eigenvalue weighted by Gasteiger charge is -2.11. The SMILES string of the molecule is c1ccc2c(C3CCCC3)cncc2c1. The molecule has 3 rings (SSSR count). The first-order chi connectivity index (χ1) is 7.45. The Morgan fingerprint density at radius 2 is 1.80 bits per heavy atom. The highest BCUT2D eigenvalue weighted by molar-refractivity contribution is 5.85. The molecule has 0 aliphatic heterocycles. The summed E-state index contributed by atoms with van der Waals surface area (Å²) in [6, 6.07) is 8.59. The molecule has 0 atom stereocenters. The highest BCUT2D eigenvalue weighted by Crippen LogP contribution is 2.36.